The summed E-state index contributed by atoms with van der Waals surface area (Å²) in [5.41, 5.74) is 3.51. The Balaban J connectivity index is 1.48. The number of allylic oxidation sites excluding steroid dienone is 2. The lowest BCUT2D eigenvalue weighted by Crippen LogP contribution is -2.35. The van der Waals surface area contributed by atoms with E-state index >= 15 is 0 Å². The third kappa shape index (κ3) is 2.74. The smallest absolute Gasteiger partial charge is 0.340 e. The first-order valence-electron chi connectivity index (χ1n) is 12.3. The van der Waals surface area contributed by atoms with Gasteiger partial charge < -0.3 is 33.0 Å². The fourth-order valence-electron chi connectivity index (χ4n) is 6.65. The van der Waals surface area contributed by atoms with Crippen LogP contribution < -0.4 is 14.2 Å². The summed E-state index contributed by atoms with van der Waals surface area (Å²) < 4.78 is 25.3. The minimum Gasteiger partial charge on any atom is -0.493 e. The number of rotatable bonds is 5. The van der Waals surface area contributed by atoms with Gasteiger partial charge in [-0.2, -0.15) is 0 Å². The van der Waals surface area contributed by atoms with Crippen molar-refractivity contribution in [2.24, 2.45) is 20.0 Å². The number of amides is 1. The summed E-state index contributed by atoms with van der Waals surface area (Å²) in [6.45, 7) is 2.27. The van der Waals surface area contributed by atoms with Crippen LogP contribution in [0.5, 0.6) is 17.2 Å². The maximum atomic E-state index is 14.1. The van der Waals surface area contributed by atoms with Crippen molar-refractivity contribution >= 4 is 28.6 Å². The molecule has 3 aromatic rings. The number of hydrogen-bond donors (Lipinski definition) is 0. The second kappa shape index (κ2) is 7.89. The monoisotopic (exact) mass is 519 g/mol. The van der Waals surface area contributed by atoms with Crippen LogP contribution in [0.4, 0.5) is 0 Å². The molecule has 3 aliphatic rings. The molecule has 0 bridgehead atoms. The predicted octanol–water partition coefficient (Wildman–Crippen LogP) is 3.13. The quantitative estimate of drug-likeness (QED) is 0.478. The number of hydrogen-bond acceptors (Lipinski definition) is 7. The average Bonchev–Trinajstić information content (AvgIpc) is 3.24. The molecule has 38 heavy (non-hydrogen) atoms. The van der Waals surface area contributed by atoms with Gasteiger partial charge in [-0.3, -0.25) is 9.59 Å². The molecule has 0 unspecified atom stereocenters. The first kappa shape index (κ1) is 24.1. The maximum Gasteiger partial charge on any atom is 0.340 e. The molecule has 1 saturated heterocycles. The van der Waals surface area contributed by atoms with Gasteiger partial charge in [0.05, 0.1) is 45.2 Å². The lowest BCUT2D eigenvalue weighted by Gasteiger charge is -2.29. The van der Waals surface area contributed by atoms with Gasteiger partial charge in [0.25, 0.3) is 5.91 Å². The number of carbonyl (C=O) groups excluding carboxylic acids is 3. The van der Waals surface area contributed by atoms with Crippen LogP contribution in [0, 0.1) is 12.8 Å². The highest BCUT2D eigenvalue weighted by Crippen LogP contribution is 2.68. The number of fused-ring (bicyclic) bond motifs is 2. The van der Waals surface area contributed by atoms with Crippen molar-refractivity contribution in [2.45, 2.75) is 18.8 Å². The fourth-order valence-corrected chi connectivity index (χ4v) is 6.65. The largest absolute Gasteiger partial charge is 0.493 e. The minimum atomic E-state index is -0.552. The highest BCUT2D eigenvalue weighted by Gasteiger charge is 2.69. The van der Waals surface area contributed by atoms with Gasteiger partial charge in [-0.1, -0.05) is 0 Å². The van der Waals surface area contributed by atoms with Crippen LogP contribution in [0.15, 0.2) is 23.9 Å². The number of esters is 1. The van der Waals surface area contributed by atoms with E-state index in [0.29, 0.717) is 63.2 Å². The molecule has 198 valence electrons. The van der Waals surface area contributed by atoms with E-state index in [9.17, 15) is 14.4 Å². The van der Waals surface area contributed by atoms with Crippen LogP contribution in [-0.2, 0) is 24.2 Å². The number of ketones is 1. The molecular formula is C28H29N3O7. The molecule has 1 amide bonds. The molecule has 1 saturated carbocycles. The summed E-state index contributed by atoms with van der Waals surface area (Å²) in [4.78, 5) is 42.0. The Bertz CT molecular complexity index is 1630. The topological polar surface area (TPSA) is 101 Å². The number of aryl methyl sites for hydroxylation is 1. The van der Waals surface area contributed by atoms with Crippen LogP contribution in [0.25, 0.3) is 10.9 Å². The first-order chi connectivity index (χ1) is 18.2. The molecule has 1 aromatic carbocycles. The molecule has 2 fully saturated rings. The molecule has 0 radical (unpaired) electrons. The fraction of sp³-hybridized carbons (Fsp3) is 0.393. The van der Waals surface area contributed by atoms with Crippen LogP contribution in [0.1, 0.15) is 49.0 Å². The van der Waals surface area contributed by atoms with Crippen LogP contribution in [0.2, 0.25) is 0 Å². The number of ether oxygens (including phenoxy) is 4. The van der Waals surface area contributed by atoms with Crippen molar-refractivity contribution in [3.05, 3.63) is 52.1 Å². The Labute approximate surface area is 219 Å². The number of piperidine rings is 1. The maximum absolute atomic E-state index is 14.1. The van der Waals surface area contributed by atoms with Gasteiger partial charge in [0, 0.05) is 54.5 Å². The molecule has 1 spiro atoms. The van der Waals surface area contributed by atoms with Crippen molar-refractivity contribution < 1.29 is 33.3 Å². The van der Waals surface area contributed by atoms with E-state index in [-0.39, 0.29) is 17.6 Å². The van der Waals surface area contributed by atoms with Gasteiger partial charge in [0.1, 0.15) is 5.69 Å². The van der Waals surface area contributed by atoms with Gasteiger partial charge in [-0.25, -0.2) is 4.79 Å². The van der Waals surface area contributed by atoms with E-state index in [2.05, 4.69) is 0 Å². The van der Waals surface area contributed by atoms with Gasteiger partial charge >= 0.3 is 5.97 Å². The number of nitrogens with zero attached hydrogens (tertiary/aromatic N) is 3. The van der Waals surface area contributed by atoms with Crippen molar-refractivity contribution in [2.75, 3.05) is 35.0 Å². The van der Waals surface area contributed by atoms with Crippen molar-refractivity contribution in [3.63, 3.8) is 0 Å². The lowest BCUT2D eigenvalue weighted by atomic mass is 9.82. The third-order valence-corrected chi connectivity index (χ3v) is 8.57. The standard InChI is InChI=1S/C28H29N3O7/c1-13-20(27(34)38-7)21-23(29(13)2)17(32)10-19-28(21)11-15(28)12-31(19)26(33)16-8-14-9-18(35-4)24(36-5)25(37-6)22(14)30(16)3/h8-10,15H,11-12H2,1-7H3/t15-,28+/m1/s1. The molecule has 2 atom stereocenters. The Morgan fingerprint density at radius 3 is 2.34 bits per heavy atom. The van der Waals surface area contributed by atoms with Crippen molar-refractivity contribution in [3.8, 4) is 17.2 Å². The predicted molar refractivity (Wildman–Crippen MR) is 137 cm³/mol. The van der Waals surface area contributed by atoms with E-state index in [4.69, 9.17) is 18.9 Å². The zero-order chi connectivity index (χ0) is 27.3. The van der Waals surface area contributed by atoms with Crippen molar-refractivity contribution in [1.29, 1.82) is 0 Å². The summed E-state index contributed by atoms with van der Waals surface area (Å²) in [6.07, 6.45) is 2.34. The van der Waals surface area contributed by atoms with Gasteiger partial charge in [-0.15, -0.1) is 0 Å². The summed E-state index contributed by atoms with van der Waals surface area (Å²) in [6, 6.07) is 3.60. The van der Waals surface area contributed by atoms with E-state index in [1.165, 1.54) is 14.2 Å². The molecule has 3 heterocycles. The third-order valence-electron chi connectivity index (χ3n) is 8.57. The van der Waals surface area contributed by atoms with Gasteiger partial charge in [0.2, 0.25) is 11.5 Å². The van der Waals surface area contributed by atoms with Crippen LogP contribution in [-0.4, -0.2) is 66.7 Å². The van der Waals surface area contributed by atoms with Crippen molar-refractivity contribution in [1.82, 2.24) is 14.0 Å². The molecule has 2 aromatic heterocycles. The Hall–Kier alpha value is -4.21. The second-order valence-corrected chi connectivity index (χ2v) is 10.1. The zero-order valence-electron chi connectivity index (χ0n) is 22.4. The lowest BCUT2D eigenvalue weighted by molar-refractivity contribution is 0.0598. The molecule has 10 nitrogen and oxygen atoms in total. The Morgan fingerprint density at radius 1 is 1.00 bits per heavy atom. The minimum absolute atomic E-state index is 0.110. The van der Waals surface area contributed by atoms with E-state index < -0.39 is 11.4 Å². The molecule has 6 rings (SSSR count). The van der Waals surface area contributed by atoms with Crippen LogP contribution in [0.3, 0.4) is 0 Å². The van der Waals surface area contributed by atoms with Crippen LogP contribution >= 0.6 is 0 Å². The van der Waals surface area contributed by atoms with E-state index in [0.717, 1.165) is 11.8 Å². The first-order valence-corrected chi connectivity index (χ1v) is 12.3. The highest BCUT2D eigenvalue weighted by atomic mass is 16.5. The Morgan fingerprint density at radius 2 is 1.71 bits per heavy atom. The SMILES string of the molecule is COC(=O)c1c2c(n(C)c1C)C(=O)C=C1N(C(=O)c3cc4cc(OC)c(OC)c(OC)c4n3C)C[C@H]3C[C@]123. The van der Waals surface area contributed by atoms with E-state index in [1.807, 2.05) is 13.0 Å². The molecule has 1 aliphatic heterocycles. The van der Waals surface area contributed by atoms with E-state index in [1.54, 1.807) is 54.5 Å². The highest BCUT2D eigenvalue weighted by molar-refractivity contribution is 6.12. The summed E-state index contributed by atoms with van der Waals surface area (Å²) in [5.74, 6) is 0.576. The molecule has 2 aliphatic carbocycles. The van der Waals surface area contributed by atoms with Gasteiger partial charge in [-0.05, 0) is 31.4 Å². The molecular weight excluding hydrogens is 490 g/mol. The zero-order valence-corrected chi connectivity index (χ0v) is 22.4. The second-order valence-electron chi connectivity index (χ2n) is 10.1. The number of likely N-dealkylation sites (tertiary alicyclic amines) is 1. The molecule has 10 heteroatoms. The normalized spacial score (nSPS) is 21.0. The number of benzene rings is 1. The summed E-state index contributed by atoms with van der Waals surface area (Å²) in [7, 11) is 9.54. The number of aromatic nitrogens is 2. The molecule has 0 N–H and O–H groups in total. The van der Waals surface area contributed by atoms with Gasteiger partial charge in [0.15, 0.2) is 11.5 Å². The summed E-state index contributed by atoms with van der Waals surface area (Å²) >= 11 is 0. The average molecular weight is 520 g/mol. The number of carbonyl (C=O) groups is 3. The summed E-state index contributed by atoms with van der Waals surface area (Å²) in [5, 5.41) is 0.757. The Kier molecular flexibility index (Phi) is 5.02. The number of methoxy groups -OCH3 is 4.